The first-order chi connectivity index (χ1) is 10.7. The molecule has 0 aliphatic heterocycles. The molecule has 22 heavy (non-hydrogen) atoms. The molecule has 0 radical (unpaired) electrons. The SMILES string of the molecule is C=Cc1ccc2c(c1/C=C\C)c(/C=C\C)c(C=C)n2C.CC. The predicted octanol–water partition coefficient (Wildman–Crippen LogP) is 6.56. The maximum atomic E-state index is 3.96. The quantitative estimate of drug-likeness (QED) is 0.601. The summed E-state index contributed by atoms with van der Waals surface area (Å²) in [5, 5.41) is 1.26. The number of hydrogen-bond donors (Lipinski definition) is 0. The van der Waals surface area contributed by atoms with E-state index in [0.717, 1.165) is 11.3 Å². The van der Waals surface area contributed by atoms with Gasteiger partial charge in [-0.1, -0.05) is 63.5 Å². The summed E-state index contributed by atoms with van der Waals surface area (Å²) >= 11 is 0. The van der Waals surface area contributed by atoms with Gasteiger partial charge in [-0.3, -0.25) is 0 Å². The Morgan fingerprint density at radius 2 is 1.50 bits per heavy atom. The predicted molar refractivity (Wildman–Crippen MR) is 104 cm³/mol. The van der Waals surface area contributed by atoms with E-state index in [4.69, 9.17) is 0 Å². The van der Waals surface area contributed by atoms with Crippen molar-refractivity contribution in [2.24, 2.45) is 7.05 Å². The van der Waals surface area contributed by atoms with Crippen molar-refractivity contribution < 1.29 is 0 Å². The number of aryl methyl sites for hydroxylation is 1. The zero-order chi connectivity index (χ0) is 16.7. The van der Waals surface area contributed by atoms with Crippen LogP contribution in [0.5, 0.6) is 0 Å². The smallest absolute Gasteiger partial charge is 0.0495 e. The van der Waals surface area contributed by atoms with Crippen LogP contribution in [-0.2, 0) is 7.05 Å². The Hall–Kier alpha value is -2.28. The van der Waals surface area contributed by atoms with Crippen LogP contribution in [0, 0.1) is 0 Å². The van der Waals surface area contributed by atoms with Crippen molar-refractivity contribution >= 4 is 35.2 Å². The largest absolute Gasteiger partial charge is 0.344 e. The molecule has 0 saturated carbocycles. The molecule has 0 saturated heterocycles. The lowest BCUT2D eigenvalue weighted by Gasteiger charge is -2.05. The number of hydrogen-bond acceptors (Lipinski definition) is 0. The van der Waals surface area contributed by atoms with E-state index < -0.39 is 0 Å². The highest BCUT2D eigenvalue weighted by molar-refractivity contribution is 6.01. The lowest BCUT2D eigenvalue weighted by molar-refractivity contribution is 0.953. The van der Waals surface area contributed by atoms with Gasteiger partial charge in [-0.05, 0) is 37.1 Å². The third-order valence-corrected chi connectivity index (χ3v) is 3.61. The first kappa shape index (κ1) is 17.8. The standard InChI is InChI=1S/C19H21N.C2H6/c1-6-10-15-14(8-3)12-13-18-19(15)16(11-7-2)17(9-4)20(18)5;1-2/h6-13H,3-4H2,1-2,5H3;1-2H3/b10-6-,11-7-;. The van der Waals surface area contributed by atoms with E-state index in [2.05, 4.69) is 61.2 Å². The third-order valence-electron chi connectivity index (χ3n) is 3.61. The minimum absolute atomic E-state index is 1.14. The van der Waals surface area contributed by atoms with Crippen LogP contribution >= 0.6 is 0 Å². The second-order valence-electron chi connectivity index (χ2n) is 4.73. The molecular weight excluding hydrogens is 266 g/mol. The minimum atomic E-state index is 1.14. The number of fused-ring (bicyclic) bond motifs is 1. The summed E-state index contributed by atoms with van der Waals surface area (Å²) in [6, 6.07) is 4.27. The molecule has 1 heteroatoms. The van der Waals surface area contributed by atoms with E-state index in [1.54, 1.807) is 0 Å². The molecule has 0 aliphatic carbocycles. The first-order valence-corrected chi connectivity index (χ1v) is 7.85. The molecule has 0 atom stereocenters. The summed E-state index contributed by atoms with van der Waals surface area (Å²) in [5.41, 5.74) is 5.95. The van der Waals surface area contributed by atoms with Crippen LogP contribution in [0.1, 0.15) is 50.1 Å². The first-order valence-electron chi connectivity index (χ1n) is 7.85. The number of benzene rings is 1. The van der Waals surface area contributed by atoms with Crippen molar-refractivity contribution in [2.45, 2.75) is 27.7 Å². The molecule has 1 aromatic carbocycles. The Morgan fingerprint density at radius 3 is 2.00 bits per heavy atom. The van der Waals surface area contributed by atoms with Crippen molar-refractivity contribution in [3.8, 4) is 0 Å². The molecule has 0 aliphatic rings. The van der Waals surface area contributed by atoms with Gasteiger partial charge in [-0.2, -0.15) is 0 Å². The fraction of sp³-hybridized carbons (Fsp3) is 0.238. The summed E-state index contributed by atoms with van der Waals surface area (Å²) < 4.78 is 2.19. The van der Waals surface area contributed by atoms with Gasteiger partial charge in [0.25, 0.3) is 0 Å². The fourth-order valence-electron chi connectivity index (χ4n) is 2.73. The van der Waals surface area contributed by atoms with Gasteiger partial charge in [0.2, 0.25) is 0 Å². The topological polar surface area (TPSA) is 4.93 Å². The van der Waals surface area contributed by atoms with Gasteiger partial charge in [0.1, 0.15) is 0 Å². The van der Waals surface area contributed by atoms with Crippen molar-refractivity contribution in [2.75, 3.05) is 0 Å². The molecule has 2 aromatic rings. The molecule has 0 amide bonds. The normalized spacial score (nSPS) is 11.0. The van der Waals surface area contributed by atoms with Crippen LogP contribution in [0.15, 0.2) is 37.4 Å². The van der Waals surface area contributed by atoms with E-state index in [0.29, 0.717) is 0 Å². The van der Waals surface area contributed by atoms with Gasteiger partial charge in [0, 0.05) is 29.2 Å². The average Bonchev–Trinajstić information content (AvgIpc) is 2.82. The molecule has 116 valence electrons. The molecule has 1 heterocycles. The maximum absolute atomic E-state index is 3.96. The van der Waals surface area contributed by atoms with E-state index in [9.17, 15) is 0 Å². The highest BCUT2D eigenvalue weighted by Crippen LogP contribution is 2.33. The molecule has 0 N–H and O–H groups in total. The number of aromatic nitrogens is 1. The Morgan fingerprint density at radius 1 is 0.909 bits per heavy atom. The van der Waals surface area contributed by atoms with Crippen LogP contribution in [-0.4, -0.2) is 4.57 Å². The number of nitrogens with zero attached hydrogens (tertiary/aromatic N) is 1. The zero-order valence-electron chi connectivity index (χ0n) is 14.5. The Balaban J connectivity index is 0.00000116. The molecule has 1 nitrogen and oxygen atoms in total. The summed E-state index contributed by atoms with van der Waals surface area (Å²) in [5.74, 6) is 0. The molecule has 2 rings (SSSR count). The zero-order valence-corrected chi connectivity index (χ0v) is 14.5. The van der Waals surface area contributed by atoms with Gasteiger partial charge >= 0.3 is 0 Å². The Kier molecular flexibility index (Phi) is 6.65. The van der Waals surface area contributed by atoms with E-state index in [-0.39, 0.29) is 0 Å². The third kappa shape index (κ3) is 2.99. The highest BCUT2D eigenvalue weighted by Gasteiger charge is 2.14. The second kappa shape index (κ2) is 8.23. The van der Waals surface area contributed by atoms with Crippen LogP contribution < -0.4 is 0 Å². The molecular formula is C21H27N. The monoisotopic (exact) mass is 293 g/mol. The molecule has 0 unspecified atom stereocenters. The van der Waals surface area contributed by atoms with Crippen LogP contribution in [0.3, 0.4) is 0 Å². The van der Waals surface area contributed by atoms with Gasteiger partial charge < -0.3 is 4.57 Å². The average molecular weight is 293 g/mol. The van der Waals surface area contributed by atoms with Crippen molar-refractivity contribution in [1.29, 1.82) is 0 Å². The van der Waals surface area contributed by atoms with E-state index >= 15 is 0 Å². The second-order valence-corrected chi connectivity index (χ2v) is 4.73. The van der Waals surface area contributed by atoms with E-state index in [1.165, 1.54) is 22.0 Å². The van der Waals surface area contributed by atoms with Gasteiger partial charge in [-0.15, -0.1) is 0 Å². The van der Waals surface area contributed by atoms with Crippen molar-refractivity contribution in [3.05, 3.63) is 59.8 Å². The highest BCUT2D eigenvalue weighted by atomic mass is 14.9. The molecule has 0 spiro atoms. The summed E-state index contributed by atoms with van der Waals surface area (Å²) in [6.07, 6.45) is 12.3. The van der Waals surface area contributed by atoms with Crippen LogP contribution in [0.4, 0.5) is 0 Å². The summed E-state index contributed by atoms with van der Waals surface area (Å²) in [4.78, 5) is 0. The van der Waals surface area contributed by atoms with Gasteiger partial charge in [0.05, 0.1) is 0 Å². The number of allylic oxidation sites excluding steroid dienone is 2. The van der Waals surface area contributed by atoms with E-state index in [1.807, 2.05) is 39.8 Å². The lowest BCUT2D eigenvalue weighted by Crippen LogP contribution is -1.90. The van der Waals surface area contributed by atoms with Crippen LogP contribution in [0.2, 0.25) is 0 Å². The van der Waals surface area contributed by atoms with Gasteiger partial charge in [-0.25, -0.2) is 0 Å². The molecule has 1 aromatic heterocycles. The van der Waals surface area contributed by atoms with Crippen molar-refractivity contribution in [3.63, 3.8) is 0 Å². The summed E-state index contributed by atoms with van der Waals surface area (Å²) in [7, 11) is 2.08. The minimum Gasteiger partial charge on any atom is -0.344 e. The lowest BCUT2D eigenvalue weighted by atomic mass is 9.98. The summed E-state index contributed by atoms with van der Waals surface area (Å²) in [6.45, 7) is 16.0. The number of rotatable bonds is 4. The van der Waals surface area contributed by atoms with Gasteiger partial charge in [0.15, 0.2) is 0 Å². The maximum Gasteiger partial charge on any atom is 0.0495 e. The Bertz CT molecular complexity index is 724. The van der Waals surface area contributed by atoms with Crippen molar-refractivity contribution in [1.82, 2.24) is 4.57 Å². The molecule has 0 fully saturated rings. The Labute approximate surface area is 135 Å². The fourth-order valence-corrected chi connectivity index (χ4v) is 2.73. The molecule has 0 bridgehead atoms. The van der Waals surface area contributed by atoms with Crippen LogP contribution in [0.25, 0.3) is 35.2 Å².